The molecule has 0 aliphatic carbocycles. The smallest absolute Gasteiger partial charge is 0.0991 e. The van der Waals surface area contributed by atoms with Crippen molar-refractivity contribution in [3.63, 3.8) is 0 Å². The number of hydrogen-bond donors (Lipinski definition) is 1. The summed E-state index contributed by atoms with van der Waals surface area (Å²) in [4.78, 5) is 0. The standard InChI is InChI=1S/C14H16N2O/c15-8-11-1-3-12(4-2-11)13-7-14(9-16-13)5-6-17-10-14/h1-4,13,16H,5-7,9-10H2. The van der Waals surface area contributed by atoms with E-state index in [0.717, 1.165) is 31.7 Å². The van der Waals surface area contributed by atoms with Gasteiger partial charge in [-0.25, -0.2) is 0 Å². The molecule has 0 radical (unpaired) electrons. The van der Waals surface area contributed by atoms with Crippen molar-refractivity contribution >= 4 is 0 Å². The van der Waals surface area contributed by atoms with Gasteiger partial charge < -0.3 is 10.1 Å². The zero-order chi connectivity index (χ0) is 11.7. The molecule has 2 fully saturated rings. The molecule has 1 aromatic rings. The Labute approximate surface area is 101 Å². The highest BCUT2D eigenvalue weighted by atomic mass is 16.5. The van der Waals surface area contributed by atoms with E-state index in [4.69, 9.17) is 10.00 Å². The Morgan fingerprint density at radius 2 is 2.18 bits per heavy atom. The lowest BCUT2D eigenvalue weighted by Gasteiger charge is -2.19. The van der Waals surface area contributed by atoms with Crippen LogP contribution in [0.4, 0.5) is 0 Å². The van der Waals surface area contributed by atoms with Crippen molar-refractivity contribution in [2.24, 2.45) is 5.41 Å². The van der Waals surface area contributed by atoms with E-state index >= 15 is 0 Å². The molecule has 2 unspecified atom stereocenters. The summed E-state index contributed by atoms with van der Waals surface area (Å²) in [6.45, 7) is 2.85. The van der Waals surface area contributed by atoms with Crippen LogP contribution in [-0.4, -0.2) is 19.8 Å². The Kier molecular flexibility index (Phi) is 2.62. The fourth-order valence-electron chi connectivity index (χ4n) is 2.89. The molecule has 2 saturated heterocycles. The van der Waals surface area contributed by atoms with Crippen LogP contribution >= 0.6 is 0 Å². The molecule has 17 heavy (non-hydrogen) atoms. The number of benzene rings is 1. The van der Waals surface area contributed by atoms with Gasteiger partial charge >= 0.3 is 0 Å². The number of nitriles is 1. The first-order valence-electron chi connectivity index (χ1n) is 6.13. The second kappa shape index (κ2) is 4.14. The van der Waals surface area contributed by atoms with Crippen LogP contribution in [0.2, 0.25) is 0 Å². The molecule has 0 aromatic heterocycles. The molecule has 0 amide bonds. The van der Waals surface area contributed by atoms with Gasteiger partial charge in [-0.05, 0) is 30.5 Å². The molecule has 1 aromatic carbocycles. The van der Waals surface area contributed by atoms with E-state index in [1.165, 1.54) is 12.0 Å². The normalized spacial score (nSPS) is 31.8. The summed E-state index contributed by atoms with van der Waals surface area (Å²) < 4.78 is 5.52. The van der Waals surface area contributed by atoms with Gasteiger partial charge in [0.05, 0.1) is 18.2 Å². The number of hydrogen-bond acceptors (Lipinski definition) is 3. The van der Waals surface area contributed by atoms with Gasteiger partial charge in [-0.1, -0.05) is 12.1 Å². The molecule has 0 bridgehead atoms. The Hall–Kier alpha value is -1.37. The predicted molar refractivity (Wildman–Crippen MR) is 64.4 cm³/mol. The molecular weight excluding hydrogens is 212 g/mol. The van der Waals surface area contributed by atoms with Crippen LogP contribution in [0.15, 0.2) is 24.3 Å². The van der Waals surface area contributed by atoms with Crippen LogP contribution in [0.25, 0.3) is 0 Å². The highest BCUT2D eigenvalue weighted by Gasteiger charge is 2.42. The lowest BCUT2D eigenvalue weighted by Crippen LogP contribution is -2.23. The predicted octanol–water partition coefficient (Wildman–Crippen LogP) is 2.00. The third-order valence-electron chi connectivity index (χ3n) is 3.99. The Morgan fingerprint density at radius 1 is 1.35 bits per heavy atom. The molecule has 2 atom stereocenters. The summed E-state index contributed by atoms with van der Waals surface area (Å²) in [6.07, 6.45) is 2.33. The SMILES string of the molecule is N#Cc1ccc(C2CC3(CCOC3)CN2)cc1. The van der Waals surface area contributed by atoms with Gasteiger partial charge in [0, 0.05) is 24.6 Å². The molecule has 1 N–H and O–H groups in total. The van der Waals surface area contributed by atoms with Crippen molar-refractivity contribution in [3.8, 4) is 6.07 Å². The summed E-state index contributed by atoms with van der Waals surface area (Å²) in [7, 11) is 0. The van der Waals surface area contributed by atoms with E-state index in [1.807, 2.05) is 12.1 Å². The molecule has 2 aliphatic heterocycles. The van der Waals surface area contributed by atoms with E-state index in [2.05, 4.69) is 23.5 Å². The third-order valence-corrected chi connectivity index (χ3v) is 3.99. The first-order valence-corrected chi connectivity index (χ1v) is 6.13. The van der Waals surface area contributed by atoms with Crippen LogP contribution in [0.1, 0.15) is 30.0 Å². The van der Waals surface area contributed by atoms with Gasteiger partial charge in [0.15, 0.2) is 0 Å². The van der Waals surface area contributed by atoms with Gasteiger partial charge in [-0.15, -0.1) is 0 Å². The molecule has 3 heteroatoms. The molecule has 2 heterocycles. The average molecular weight is 228 g/mol. The van der Waals surface area contributed by atoms with Crippen molar-refractivity contribution in [1.82, 2.24) is 5.32 Å². The van der Waals surface area contributed by atoms with E-state index in [9.17, 15) is 0 Å². The van der Waals surface area contributed by atoms with Crippen LogP contribution in [0.3, 0.4) is 0 Å². The lowest BCUT2D eigenvalue weighted by molar-refractivity contribution is 0.159. The van der Waals surface area contributed by atoms with Crippen LogP contribution < -0.4 is 5.32 Å². The molecule has 2 aliphatic rings. The van der Waals surface area contributed by atoms with Gasteiger partial charge in [-0.2, -0.15) is 5.26 Å². The summed E-state index contributed by atoms with van der Waals surface area (Å²) in [6, 6.07) is 10.5. The molecule has 3 rings (SSSR count). The molecule has 3 nitrogen and oxygen atoms in total. The van der Waals surface area contributed by atoms with Gasteiger partial charge in [0.25, 0.3) is 0 Å². The average Bonchev–Trinajstić information content (AvgIpc) is 3.01. The largest absolute Gasteiger partial charge is 0.381 e. The van der Waals surface area contributed by atoms with Crippen LogP contribution in [0, 0.1) is 16.7 Å². The van der Waals surface area contributed by atoms with Crippen LogP contribution in [-0.2, 0) is 4.74 Å². The topological polar surface area (TPSA) is 45.0 Å². The maximum Gasteiger partial charge on any atom is 0.0991 e. The van der Waals surface area contributed by atoms with Crippen molar-refractivity contribution in [1.29, 1.82) is 5.26 Å². The summed E-state index contributed by atoms with van der Waals surface area (Å²) >= 11 is 0. The van der Waals surface area contributed by atoms with Crippen molar-refractivity contribution in [2.75, 3.05) is 19.8 Å². The quantitative estimate of drug-likeness (QED) is 0.799. The molecule has 0 saturated carbocycles. The first kappa shape index (κ1) is 10.8. The summed E-state index contributed by atoms with van der Waals surface area (Å²) in [5.41, 5.74) is 2.37. The fourth-order valence-corrected chi connectivity index (χ4v) is 2.89. The summed E-state index contributed by atoms with van der Waals surface area (Å²) in [5.74, 6) is 0. The minimum Gasteiger partial charge on any atom is -0.381 e. The van der Waals surface area contributed by atoms with Crippen LogP contribution in [0.5, 0.6) is 0 Å². The fraction of sp³-hybridized carbons (Fsp3) is 0.500. The minimum atomic E-state index is 0.360. The Morgan fingerprint density at radius 3 is 2.82 bits per heavy atom. The third kappa shape index (κ3) is 1.95. The van der Waals surface area contributed by atoms with Crippen molar-refractivity contribution in [3.05, 3.63) is 35.4 Å². The molecule has 88 valence electrons. The van der Waals surface area contributed by atoms with Crippen molar-refractivity contribution < 1.29 is 4.74 Å². The molecular formula is C14H16N2O. The Bertz CT molecular complexity index is 440. The number of rotatable bonds is 1. The highest BCUT2D eigenvalue weighted by molar-refractivity contribution is 5.33. The lowest BCUT2D eigenvalue weighted by atomic mass is 9.83. The zero-order valence-corrected chi connectivity index (χ0v) is 9.78. The van der Waals surface area contributed by atoms with Crippen molar-refractivity contribution in [2.45, 2.75) is 18.9 Å². The Balaban J connectivity index is 1.75. The van der Waals surface area contributed by atoms with E-state index < -0.39 is 0 Å². The molecule has 1 spiro atoms. The number of nitrogens with zero attached hydrogens (tertiary/aromatic N) is 1. The van der Waals surface area contributed by atoms with Gasteiger partial charge in [0.1, 0.15) is 0 Å². The van der Waals surface area contributed by atoms with Gasteiger partial charge in [-0.3, -0.25) is 0 Å². The minimum absolute atomic E-state index is 0.360. The second-order valence-electron chi connectivity index (χ2n) is 5.17. The first-order chi connectivity index (χ1) is 8.31. The summed E-state index contributed by atoms with van der Waals surface area (Å²) in [5, 5.41) is 12.4. The van der Waals surface area contributed by atoms with E-state index in [1.54, 1.807) is 0 Å². The second-order valence-corrected chi connectivity index (χ2v) is 5.17. The maximum absolute atomic E-state index is 8.78. The highest BCUT2D eigenvalue weighted by Crippen LogP contribution is 2.42. The maximum atomic E-state index is 8.78. The number of ether oxygens (including phenoxy) is 1. The van der Waals surface area contributed by atoms with E-state index in [-0.39, 0.29) is 0 Å². The zero-order valence-electron chi connectivity index (χ0n) is 9.78. The monoisotopic (exact) mass is 228 g/mol. The van der Waals surface area contributed by atoms with E-state index in [0.29, 0.717) is 11.5 Å². The number of nitrogens with one attached hydrogen (secondary N) is 1. The van der Waals surface area contributed by atoms with Gasteiger partial charge in [0.2, 0.25) is 0 Å².